The zero-order chi connectivity index (χ0) is 24.8. The van der Waals surface area contributed by atoms with Gasteiger partial charge in [-0.15, -0.1) is 0 Å². The Balaban J connectivity index is 1.73. The normalized spacial score (nSPS) is 14.9. The molecule has 0 fully saturated rings. The van der Waals surface area contributed by atoms with E-state index >= 15 is 0 Å². The van der Waals surface area contributed by atoms with E-state index in [1.165, 1.54) is 4.90 Å². The van der Waals surface area contributed by atoms with Crippen molar-refractivity contribution in [2.75, 3.05) is 13.2 Å². The largest absolute Gasteiger partial charge is 0.480 e. The van der Waals surface area contributed by atoms with Crippen LogP contribution in [-0.4, -0.2) is 53.2 Å². The van der Waals surface area contributed by atoms with Crippen LogP contribution in [0.25, 0.3) is 11.1 Å². The molecule has 7 heteroatoms. The lowest BCUT2D eigenvalue weighted by Gasteiger charge is -2.33. The first-order chi connectivity index (χ1) is 16.3. The van der Waals surface area contributed by atoms with E-state index in [4.69, 9.17) is 4.74 Å². The van der Waals surface area contributed by atoms with E-state index in [-0.39, 0.29) is 24.5 Å². The summed E-state index contributed by atoms with van der Waals surface area (Å²) >= 11 is 0. The highest BCUT2D eigenvalue weighted by atomic mass is 16.5. The van der Waals surface area contributed by atoms with Crippen molar-refractivity contribution in [3.8, 4) is 11.1 Å². The second kappa shape index (κ2) is 11.2. The molecule has 3 rings (SSSR count). The van der Waals surface area contributed by atoms with Crippen LogP contribution in [0.5, 0.6) is 0 Å². The fraction of sp³-hybridized carbons (Fsp3) is 0.444. The van der Waals surface area contributed by atoms with Crippen molar-refractivity contribution in [1.29, 1.82) is 0 Å². The lowest BCUT2D eigenvalue weighted by atomic mass is 9.97. The molecule has 0 radical (unpaired) electrons. The summed E-state index contributed by atoms with van der Waals surface area (Å²) in [6, 6.07) is 15.0. The molecule has 0 spiro atoms. The molecule has 1 unspecified atom stereocenters. The first kappa shape index (κ1) is 25.3. The van der Waals surface area contributed by atoms with Crippen LogP contribution >= 0.6 is 0 Å². The second-order valence-electron chi connectivity index (χ2n) is 8.95. The second-order valence-corrected chi connectivity index (χ2v) is 8.95. The van der Waals surface area contributed by atoms with Gasteiger partial charge < -0.3 is 20.1 Å². The molecule has 34 heavy (non-hydrogen) atoms. The van der Waals surface area contributed by atoms with Crippen molar-refractivity contribution in [3.63, 3.8) is 0 Å². The molecule has 0 bridgehead atoms. The van der Waals surface area contributed by atoms with Gasteiger partial charge in [-0.2, -0.15) is 0 Å². The molecule has 182 valence electrons. The maximum Gasteiger partial charge on any atom is 0.407 e. The van der Waals surface area contributed by atoms with Crippen molar-refractivity contribution in [1.82, 2.24) is 10.2 Å². The minimum absolute atomic E-state index is 0.0838. The van der Waals surface area contributed by atoms with Gasteiger partial charge in [-0.3, -0.25) is 9.59 Å². The summed E-state index contributed by atoms with van der Waals surface area (Å²) < 4.78 is 5.63. The van der Waals surface area contributed by atoms with Gasteiger partial charge in [0.05, 0.1) is 0 Å². The number of ether oxygens (including phenoxy) is 1. The molecule has 0 aliphatic heterocycles. The summed E-state index contributed by atoms with van der Waals surface area (Å²) in [4.78, 5) is 38.8. The number of amides is 2. The Morgan fingerprint density at radius 3 is 2.03 bits per heavy atom. The molecule has 1 aliphatic rings. The fourth-order valence-electron chi connectivity index (χ4n) is 4.45. The van der Waals surface area contributed by atoms with Crippen LogP contribution in [0.2, 0.25) is 0 Å². The average molecular weight is 467 g/mol. The number of nitrogens with one attached hydrogen (secondary N) is 1. The van der Waals surface area contributed by atoms with E-state index in [0.717, 1.165) is 22.3 Å². The summed E-state index contributed by atoms with van der Waals surface area (Å²) in [7, 11) is 0. The molecule has 0 aromatic heterocycles. The number of carbonyl (C=O) groups excluding carboxylic acids is 2. The van der Waals surface area contributed by atoms with E-state index < -0.39 is 30.6 Å². The SMILES string of the molecule is CCC(C)N(CC(=O)O)C(=O)[C@@H](NC(=O)OCC1c2ccccc2-c2ccccc21)[C@@H](C)CC. The van der Waals surface area contributed by atoms with E-state index in [1.54, 1.807) is 0 Å². The van der Waals surface area contributed by atoms with Gasteiger partial charge in [0.25, 0.3) is 0 Å². The van der Waals surface area contributed by atoms with Gasteiger partial charge in [-0.05, 0) is 41.5 Å². The number of alkyl carbamates (subject to hydrolysis) is 1. The molecule has 3 atom stereocenters. The highest BCUT2D eigenvalue weighted by molar-refractivity contribution is 5.88. The predicted molar refractivity (Wildman–Crippen MR) is 131 cm³/mol. The quantitative estimate of drug-likeness (QED) is 0.531. The first-order valence-corrected chi connectivity index (χ1v) is 11.9. The van der Waals surface area contributed by atoms with Gasteiger partial charge >= 0.3 is 12.1 Å². The van der Waals surface area contributed by atoms with E-state index in [2.05, 4.69) is 17.4 Å². The minimum atomic E-state index is -1.09. The monoisotopic (exact) mass is 466 g/mol. The van der Waals surface area contributed by atoms with Crippen LogP contribution in [0.3, 0.4) is 0 Å². The van der Waals surface area contributed by atoms with E-state index in [1.807, 2.05) is 64.1 Å². The molecular weight excluding hydrogens is 432 g/mol. The highest BCUT2D eigenvalue weighted by Gasteiger charge is 2.34. The van der Waals surface area contributed by atoms with Gasteiger partial charge in [-0.25, -0.2) is 4.79 Å². The Labute approximate surface area is 201 Å². The molecule has 1 aliphatic carbocycles. The summed E-state index contributed by atoms with van der Waals surface area (Å²) in [6.07, 6.45) is 0.568. The lowest BCUT2D eigenvalue weighted by molar-refractivity contribution is -0.147. The van der Waals surface area contributed by atoms with Gasteiger partial charge in [0.1, 0.15) is 19.2 Å². The van der Waals surface area contributed by atoms with Gasteiger partial charge in [0, 0.05) is 12.0 Å². The fourth-order valence-corrected chi connectivity index (χ4v) is 4.45. The Morgan fingerprint density at radius 2 is 1.53 bits per heavy atom. The Morgan fingerprint density at radius 1 is 0.971 bits per heavy atom. The molecular formula is C27H34N2O5. The standard InChI is InChI=1S/C27H34N2O5/c1-5-17(3)25(26(32)29(15-24(30)31)18(4)6-2)28-27(33)34-16-23-21-13-9-7-11-19(21)20-12-8-10-14-22(20)23/h7-14,17-18,23,25H,5-6,15-16H2,1-4H3,(H,28,33)(H,30,31)/t17-,18?,25-/m0/s1. The highest BCUT2D eigenvalue weighted by Crippen LogP contribution is 2.44. The number of benzene rings is 2. The van der Waals surface area contributed by atoms with Crippen LogP contribution in [0.1, 0.15) is 57.6 Å². The zero-order valence-electron chi connectivity index (χ0n) is 20.3. The molecule has 7 nitrogen and oxygen atoms in total. The number of hydrogen-bond acceptors (Lipinski definition) is 4. The minimum Gasteiger partial charge on any atom is -0.480 e. The molecule has 2 aromatic rings. The maximum absolute atomic E-state index is 13.3. The van der Waals surface area contributed by atoms with Crippen LogP contribution in [0, 0.1) is 5.92 Å². The van der Waals surface area contributed by atoms with Crippen molar-refractivity contribution in [2.45, 2.75) is 58.5 Å². The Bertz CT molecular complexity index is 992. The summed E-state index contributed by atoms with van der Waals surface area (Å²) in [6.45, 7) is 7.22. The topological polar surface area (TPSA) is 95.9 Å². The molecule has 0 saturated heterocycles. The third kappa shape index (κ3) is 5.41. The Kier molecular flexibility index (Phi) is 8.31. The number of hydrogen-bond donors (Lipinski definition) is 2. The number of rotatable bonds is 10. The van der Waals surface area contributed by atoms with Crippen LogP contribution in [-0.2, 0) is 14.3 Å². The number of carbonyl (C=O) groups is 3. The summed E-state index contributed by atoms with van der Waals surface area (Å²) in [5.41, 5.74) is 4.49. The number of carboxylic acid groups (broad SMARTS) is 1. The molecule has 2 amide bonds. The van der Waals surface area contributed by atoms with Crippen molar-refractivity contribution < 1.29 is 24.2 Å². The van der Waals surface area contributed by atoms with Crippen LogP contribution in [0.4, 0.5) is 4.79 Å². The number of aliphatic carboxylic acids is 1. The van der Waals surface area contributed by atoms with E-state index in [0.29, 0.717) is 12.8 Å². The van der Waals surface area contributed by atoms with Crippen molar-refractivity contribution in [2.24, 2.45) is 5.92 Å². The van der Waals surface area contributed by atoms with Gasteiger partial charge in [-0.1, -0.05) is 75.7 Å². The predicted octanol–water partition coefficient (Wildman–Crippen LogP) is 4.65. The maximum atomic E-state index is 13.3. The third-order valence-electron chi connectivity index (χ3n) is 6.81. The average Bonchev–Trinajstić information content (AvgIpc) is 3.16. The molecule has 2 aromatic carbocycles. The number of fused-ring (bicyclic) bond motifs is 3. The third-order valence-corrected chi connectivity index (χ3v) is 6.81. The first-order valence-electron chi connectivity index (χ1n) is 11.9. The summed E-state index contributed by atoms with van der Waals surface area (Å²) in [5, 5.41) is 12.0. The van der Waals surface area contributed by atoms with Crippen LogP contribution in [0.15, 0.2) is 48.5 Å². The number of carboxylic acids is 1. The molecule has 2 N–H and O–H groups in total. The van der Waals surface area contributed by atoms with Gasteiger partial charge in [0.2, 0.25) is 5.91 Å². The van der Waals surface area contributed by atoms with Crippen molar-refractivity contribution >= 4 is 18.0 Å². The van der Waals surface area contributed by atoms with E-state index in [9.17, 15) is 19.5 Å². The van der Waals surface area contributed by atoms with Gasteiger partial charge in [0.15, 0.2) is 0 Å². The van der Waals surface area contributed by atoms with Crippen LogP contribution < -0.4 is 5.32 Å². The molecule has 0 heterocycles. The molecule has 0 saturated carbocycles. The lowest BCUT2D eigenvalue weighted by Crippen LogP contribution is -2.55. The van der Waals surface area contributed by atoms with Crippen molar-refractivity contribution in [3.05, 3.63) is 59.7 Å². The summed E-state index contributed by atoms with van der Waals surface area (Å²) in [5.74, 6) is -1.76. The zero-order valence-corrected chi connectivity index (χ0v) is 20.3. The Hall–Kier alpha value is -3.35. The smallest absolute Gasteiger partial charge is 0.407 e. The number of nitrogens with zero attached hydrogens (tertiary/aromatic N) is 1.